The molecule has 3 N–H and O–H groups in total. The summed E-state index contributed by atoms with van der Waals surface area (Å²) in [5.74, 6) is 2.31. The van der Waals surface area contributed by atoms with E-state index >= 15 is 0 Å². The van der Waals surface area contributed by atoms with Crippen LogP contribution >= 0.6 is 0 Å². The Morgan fingerprint density at radius 2 is 2.20 bits per heavy atom. The van der Waals surface area contributed by atoms with E-state index in [1.165, 1.54) is 31.7 Å². The van der Waals surface area contributed by atoms with Gasteiger partial charge < -0.3 is 15.7 Å². The minimum atomic E-state index is -0.0388. The van der Waals surface area contributed by atoms with Gasteiger partial charge in [-0.1, -0.05) is 6.42 Å². The number of anilines is 1. The van der Waals surface area contributed by atoms with Crippen LogP contribution in [0.25, 0.3) is 0 Å². The number of hydrogen-bond acceptors (Lipinski definition) is 3. The lowest BCUT2D eigenvalue weighted by Gasteiger charge is -2.27. The van der Waals surface area contributed by atoms with E-state index in [0.717, 1.165) is 18.4 Å². The number of nitrogens with two attached hydrogens (primary N) is 1. The van der Waals surface area contributed by atoms with Crippen LogP contribution in [0.15, 0.2) is 18.2 Å². The average molecular weight is 274 g/mol. The Hall–Kier alpha value is -1.71. The molecule has 0 radical (unpaired) electrons. The molecule has 2 saturated carbocycles. The summed E-state index contributed by atoms with van der Waals surface area (Å²) < 4.78 is 0. The van der Waals surface area contributed by atoms with Crippen molar-refractivity contribution < 1.29 is 9.90 Å². The van der Waals surface area contributed by atoms with Crippen LogP contribution < -0.4 is 5.73 Å². The molecule has 3 unspecified atom stereocenters. The third kappa shape index (κ3) is 2.35. The van der Waals surface area contributed by atoms with Gasteiger partial charge in [0.15, 0.2) is 0 Å². The SMILES string of the molecule is CN(CC1CC2CCC1C2)C(=O)c1ccc(N)c(O)c1. The van der Waals surface area contributed by atoms with Crippen LogP contribution in [0.4, 0.5) is 5.69 Å². The minimum Gasteiger partial charge on any atom is -0.506 e. The van der Waals surface area contributed by atoms with Crippen molar-refractivity contribution >= 4 is 11.6 Å². The number of benzene rings is 1. The van der Waals surface area contributed by atoms with E-state index < -0.39 is 0 Å². The molecule has 4 nitrogen and oxygen atoms in total. The largest absolute Gasteiger partial charge is 0.506 e. The minimum absolute atomic E-state index is 0.0239. The summed E-state index contributed by atoms with van der Waals surface area (Å²) in [7, 11) is 1.85. The van der Waals surface area contributed by atoms with Crippen LogP contribution in [0.5, 0.6) is 5.75 Å². The van der Waals surface area contributed by atoms with Crippen LogP contribution in [0.2, 0.25) is 0 Å². The number of aromatic hydroxyl groups is 1. The number of phenols is 1. The Balaban J connectivity index is 1.65. The molecule has 3 atom stereocenters. The van der Waals surface area contributed by atoms with E-state index in [0.29, 0.717) is 17.2 Å². The molecule has 0 spiro atoms. The third-order valence-electron chi connectivity index (χ3n) is 5.02. The van der Waals surface area contributed by atoms with Crippen molar-refractivity contribution in [3.05, 3.63) is 23.8 Å². The van der Waals surface area contributed by atoms with Gasteiger partial charge in [0, 0.05) is 19.2 Å². The average Bonchev–Trinajstić information content (AvgIpc) is 3.03. The van der Waals surface area contributed by atoms with Gasteiger partial charge in [0.2, 0.25) is 0 Å². The Labute approximate surface area is 119 Å². The van der Waals surface area contributed by atoms with Gasteiger partial charge in [-0.25, -0.2) is 0 Å². The van der Waals surface area contributed by atoms with Crippen LogP contribution in [-0.4, -0.2) is 29.5 Å². The first-order valence-electron chi connectivity index (χ1n) is 7.38. The highest BCUT2D eigenvalue weighted by Gasteiger charge is 2.40. The number of carbonyl (C=O) groups is 1. The van der Waals surface area contributed by atoms with E-state index in [-0.39, 0.29) is 11.7 Å². The molecule has 0 aliphatic heterocycles. The molecule has 0 saturated heterocycles. The van der Waals surface area contributed by atoms with Crippen molar-refractivity contribution in [1.82, 2.24) is 4.90 Å². The topological polar surface area (TPSA) is 66.6 Å². The maximum absolute atomic E-state index is 12.4. The highest BCUT2D eigenvalue weighted by Crippen LogP contribution is 2.48. The molecule has 1 aromatic carbocycles. The number of rotatable bonds is 3. The summed E-state index contributed by atoms with van der Waals surface area (Å²) >= 11 is 0. The summed E-state index contributed by atoms with van der Waals surface area (Å²) in [5, 5.41) is 9.61. The van der Waals surface area contributed by atoms with Gasteiger partial charge in [0.05, 0.1) is 5.69 Å². The summed E-state index contributed by atoms with van der Waals surface area (Å²) in [5.41, 5.74) is 6.37. The molecule has 0 aromatic heterocycles. The molecule has 4 heteroatoms. The van der Waals surface area contributed by atoms with Crippen LogP contribution in [0.1, 0.15) is 36.0 Å². The van der Waals surface area contributed by atoms with E-state index in [1.807, 2.05) is 7.05 Å². The Morgan fingerprint density at radius 3 is 2.80 bits per heavy atom. The predicted octanol–water partition coefficient (Wildman–Crippen LogP) is 2.48. The summed E-state index contributed by atoms with van der Waals surface area (Å²) in [4.78, 5) is 14.2. The van der Waals surface area contributed by atoms with Gasteiger partial charge in [-0.05, 0) is 55.2 Å². The molecule has 2 aliphatic rings. The molecule has 2 fully saturated rings. The second kappa shape index (κ2) is 5.00. The number of hydrogen-bond donors (Lipinski definition) is 2. The van der Waals surface area contributed by atoms with E-state index in [1.54, 1.807) is 17.0 Å². The van der Waals surface area contributed by atoms with Gasteiger partial charge in [-0.2, -0.15) is 0 Å². The first-order chi connectivity index (χ1) is 9.54. The van der Waals surface area contributed by atoms with Crippen LogP contribution in [-0.2, 0) is 0 Å². The van der Waals surface area contributed by atoms with Crippen molar-refractivity contribution in [3.63, 3.8) is 0 Å². The fourth-order valence-electron chi connectivity index (χ4n) is 3.93. The Bertz CT molecular complexity index is 529. The highest BCUT2D eigenvalue weighted by molar-refractivity contribution is 5.95. The van der Waals surface area contributed by atoms with E-state index in [4.69, 9.17) is 5.73 Å². The number of amides is 1. The fourth-order valence-corrected chi connectivity index (χ4v) is 3.93. The summed E-state index contributed by atoms with van der Waals surface area (Å²) in [6, 6.07) is 4.71. The third-order valence-corrected chi connectivity index (χ3v) is 5.02. The molecule has 1 amide bonds. The quantitative estimate of drug-likeness (QED) is 0.657. The van der Waals surface area contributed by atoms with Crippen LogP contribution in [0, 0.1) is 17.8 Å². The molecular weight excluding hydrogens is 252 g/mol. The standard InChI is InChI=1S/C16H22N2O2/c1-18(9-13-7-10-2-3-11(13)6-10)16(20)12-4-5-14(17)15(19)8-12/h4-5,8,10-11,13,19H,2-3,6-7,9,17H2,1H3. The summed E-state index contributed by atoms with van der Waals surface area (Å²) in [6.07, 6.45) is 5.34. The number of nitrogen functional groups attached to an aromatic ring is 1. The molecule has 2 aliphatic carbocycles. The first-order valence-corrected chi connectivity index (χ1v) is 7.38. The van der Waals surface area contributed by atoms with Crippen molar-refractivity contribution in [2.24, 2.45) is 17.8 Å². The monoisotopic (exact) mass is 274 g/mol. The lowest BCUT2D eigenvalue weighted by atomic mass is 9.88. The van der Waals surface area contributed by atoms with Crippen molar-refractivity contribution in [2.45, 2.75) is 25.7 Å². The molecular formula is C16H22N2O2. The van der Waals surface area contributed by atoms with Crippen molar-refractivity contribution in [3.8, 4) is 5.75 Å². The maximum atomic E-state index is 12.4. The fraction of sp³-hybridized carbons (Fsp3) is 0.562. The molecule has 3 rings (SSSR count). The number of nitrogens with zero attached hydrogens (tertiary/aromatic N) is 1. The molecule has 20 heavy (non-hydrogen) atoms. The summed E-state index contributed by atoms with van der Waals surface area (Å²) in [6.45, 7) is 0.825. The van der Waals surface area contributed by atoms with Gasteiger partial charge in [-0.3, -0.25) is 4.79 Å². The molecule has 0 heterocycles. The van der Waals surface area contributed by atoms with Gasteiger partial charge in [0.1, 0.15) is 5.75 Å². The van der Waals surface area contributed by atoms with Crippen molar-refractivity contribution in [2.75, 3.05) is 19.3 Å². The molecule has 108 valence electrons. The normalized spacial score (nSPS) is 27.8. The number of fused-ring (bicyclic) bond motifs is 2. The van der Waals surface area contributed by atoms with Crippen LogP contribution in [0.3, 0.4) is 0 Å². The second-order valence-electron chi connectivity index (χ2n) is 6.39. The maximum Gasteiger partial charge on any atom is 0.253 e. The lowest BCUT2D eigenvalue weighted by molar-refractivity contribution is 0.0754. The Kier molecular flexibility index (Phi) is 3.32. The number of carbonyl (C=O) groups excluding carboxylic acids is 1. The zero-order valence-electron chi connectivity index (χ0n) is 11.9. The van der Waals surface area contributed by atoms with E-state index in [9.17, 15) is 9.90 Å². The van der Waals surface area contributed by atoms with Gasteiger partial charge in [0.25, 0.3) is 5.91 Å². The van der Waals surface area contributed by atoms with E-state index in [2.05, 4.69) is 0 Å². The molecule has 2 bridgehead atoms. The highest BCUT2D eigenvalue weighted by atomic mass is 16.3. The van der Waals surface area contributed by atoms with Crippen molar-refractivity contribution in [1.29, 1.82) is 0 Å². The Morgan fingerprint density at radius 1 is 1.40 bits per heavy atom. The van der Waals surface area contributed by atoms with Gasteiger partial charge >= 0.3 is 0 Å². The van der Waals surface area contributed by atoms with Gasteiger partial charge in [-0.15, -0.1) is 0 Å². The first kappa shape index (κ1) is 13.3. The zero-order valence-corrected chi connectivity index (χ0v) is 11.9. The zero-order chi connectivity index (χ0) is 14.3. The lowest BCUT2D eigenvalue weighted by Crippen LogP contribution is -2.33. The number of phenolic OH excluding ortho intramolecular Hbond substituents is 1. The molecule has 1 aromatic rings. The predicted molar refractivity (Wildman–Crippen MR) is 78.4 cm³/mol. The smallest absolute Gasteiger partial charge is 0.253 e. The second-order valence-corrected chi connectivity index (χ2v) is 6.39.